The minimum Gasteiger partial charge on any atom is -0.462 e. The smallest absolute Gasteiger partial charge is 0.462 e. The molecule has 0 aromatic carbocycles. The van der Waals surface area contributed by atoms with Crippen molar-refractivity contribution in [2.45, 2.75) is 420 Å². The largest absolute Gasteiger partial charge is 0.472 e. The zero-order valence-corrected chi connectivity index (χ0v) is 65.3. The van der Waals surface area contributed by atoms with Crippen LogP contribution < -0.4 is 0 Å². The van der Waals surface area contributed by atoms with E-state index in [1.54, 1.807) is 0 Å². The highest BCUT2D eigenvalue weighted by Gasteiger charge is 2.30. The van der Waals surface area contributed by atoms with Crippen molar-refractivity contribution in [1.82, 2.24) is 0 Å². The molecule has 0 saturated carbocycles. The second kappa shape index (κ2) is 68.5. The standard InChI is InChI=1S/C78H152O17P2/c1-8-10-11-12-13-14-15-19-25-31-40-47-54-61-77(82)95-74(66-89-76(81)60-53-46-39-34-33-37-44-51-58-71(7)9-2)68-93-97(86,87)91-64-72(79)63-90-96(84,85)92-67-73(65-88-75(80)59-52-45-38-30-27-22-24-29-36-43-50-57-70(5)6)94-78(83)62-55-48-41-32-26-21-18-16-17-20-23-28-35-42-49-56-69(3)4/h69-74,79H,8-68H2,1-7H3,(H,84,85)(H,86,87)/t71?,72-,73-,74-/m1/s1. The molecule has 19 heteroatoms. The Kier molecular flexibility index (Phi) is 67.1. The number of aliphatic hydroxyl groups is 1. The number of hydrogen-bond acceptors (Lipinski definition) is 15. The average Bonchev–Trinajstić information content (AvgIpc) is 1.31. The number of carbonyl (C=O) groups is 4. The summed E-state index contributed by atoms with van der Waals surface area (Å²) in [6, 6.07) is 0. The van der Waals surface area contributed by atoms with Gasteiger partial charge in [0.25, 0.3) is 0 Å². The van der Waals surface area contributed by atoms with Crippen LogP contribution in [0.2, 0.25) is 0 Å². The van der Waals surface area contributed by atoms with Crippen molar-refractivity contribution in [1.29, 1.82) is 0 Å². The van der Waals surface area contributed by atoms with Gasteiger partial charge in [0, 0.05) is 25.7 Å². The van der Waals surface area contributed by atoms with Crippen LogP contribution in [0.15, 0.2) is 0 Å². The normalized spacial score (nSPS) is 14.3. The highest BCUT2D eigenvalue weighted by Crippen LogP contribution is 2.45. The SMILES string of the molecule is CCCCCCCCCCCCCCCC(=O)O[C@H](COC(=O)CCCCCCCCCCC(C)CC)COP(=O)(O)OC[C@H](O)COP(=O)(O)OC[C@@H](COC(=O)CCCCCCCCCCCCCC(C)C)OC(=O)CCCCCCCCCCCCCCCCCC(C)C. The molecule has 3 unspecified atom stereocenters. The summed E-state index contributed by atoms with van der Waals surface area (Å²) in [6.07, 6.45) is 55.3. The van der Waals surface area contributed by atoms with E-state index >= 15 is 0 Å². The zero-order chi connectivity index (χ0) is 71.6. The lowest BCUT2D eigenvalue weighted by molar-refractivity contribution is -0.161. The van der Waals surface area contributed by atoms with Crippen LogP contribution in [-0.2, 0) is 65.4 Å². The maximum atomic E-state index is 13.1. The Morgan fingerprint density at radius 2 is 0.526 bits per heavy atom. The van der Waals surface area contributed by atoms with Crippen molar-refractivity contribution in [3.05, 3.63) is 0 Å². The number of hydrogen-bond donors (Lipinski definition) is 3. The molecule has 0 heterocycles. The summed E-state index contributed by atoms with van der Waals surface area (Å²) in [4.78, 5) is 72.9. The first kappa shape index (κ1) is 95.1. The van der Waals surface area contributed by atoms with Gasteiger partial charge in [0.2, 0.25) is 0 Å². The first-order valence-corrected chi connectivity index (χ1v) is 43.4. The van der Waals surface area contributed by atoms with Gasteiger partial charge in [-0.05, 0) is 43.4 Å². The molecule has 0 aliphatic heterocycles. The van der Waals surface area contributed by atoms with E-state index in [9.17, 15) is 43.2 Å². The summed E-state index contributed by atoms with van der Waals surface area (Å²) in [7, 11) is -9.92. The summed E-state index contributed by atoms with van der Waals surface area (Å²) in [5.41, 5.74) is 0. The minimum atomic E-state index is -4.96. The highest BCUT2D eigenvalue weighted by atomic mass is 31.2. The van der Waals surface area contributed by atoms with E-state index < -0.39 is 97.5 Å². The minimum absolute atomic E-state index is 0.107. The molecular weight excluding hydrogens is 1270 g/mol. The van der Waals surface area contributed by atoms with E-state index in [4.69, 9.17) is 37.0 Å². The van der Waals surface area contributed by atoms with Crippen molar-refractivity contribution >= 4 is 39.5 Å². The summed E-state index contributed by atoms with van der Waals surface area (Å²) >= 11 is 0. The van der Waals surface area contributed by atoms with Crippen molar-refractivity contribution < 1.29 is 80.2 Å². The molecule has 0 spiro atoms. The van der Waals surface area contributed by atoms with Gasteiger partial charge < -0.3 is 33.8 Å². The molecule has 0 aromatic heterocycles. The Labute approximate surface area is 594 Å². The number of aliphatic hydroxyl groups excluding tert-OH is 1. The predicted octanol–water partition coefficient (Wildman–Crippen LogP) is 23.0. The van der Waals surface area contributed by atoms with Gasteiger partial charge >= 0.3 is 39.5 Å². The Hall–Kier alpha value is -1.94. The van der Waals surface area contributed by atoms with Gasteiger partial charge in [0.1, 0.15) is 19.3 Å². The Bertz CT molecular complexity index is 1890. The molecule has 0 rings (SSSR count). The second-order valence-corrected chi connectivity index (χ2v) is 32.2. The summed E-state index contributed by atoms with van der Waals surface area (Å²) < 4.78 is 68.6. The molecule has 0 fully saturated rings. The van der Waals surface area contributed by atoms with E-state index in [1.807, 2.05) is 0 Å². The molecule has 0 aromatic rings. The molecule has 0 aliphatic rings. The van der Waals surface area contributed by atoms with Gasteiger partial charge in [-0.1, -0.05) is 350 Å². The van der Waals surface area contributed by atoms with E-state index in [0.717, 1.165) is 108 Å². The third kappa shape index (κ3) is 70.9. The number of unbranched alkanes of at least 4 members (excludes halogenated alkanes) is 43. The van der Waals surface area contributed by atoms with Gasteiger partial charge in [-0.2, -0.15) is 0 Å². The quantitative estimate of drug-likeness (QED) is 0.0222. The molecule has 3 N–H and O–H groups in total. The number of carbonyl (C=O) groups excluding carboxylic acids is 4. The monoisotopic (exact) mass is 1420 g/mol. The lowest BCUT2D eigenvalue weighted by Crippen LogP contribution is -2.30. The molecular formula is C78H152O17P2. The first-order valence-electron chi connectivity index (χ1n) is 40.4. The molecule has 576 valence electrons. The third-order valence-corrected chi connectivity index (χ3v) is 20.4. The van der Waals surface area contributed by atoms with Crippen LogP contribution in [0, 0.1) is 17.8 Å². The fraction of sp³-hybridized carbons (Fsp3) is 0.949. The average molecular weight is 1420 g/mol. The fourth-order valence-corrected chi connectivity index (χ4v) is 13.5. The second-order valence-electron chi connectivity index (χ2n) is 29.3. The molecule has 0 amide bonds. The van der Waals surface area contributed by atoms with Crippen LogP contribution in [0.5, 0.6) is 0 Å². The van der Waals surface area contributed by atoms with Gasteiger partial charge in [0.05, 0.1) is 26.4 Å². The zero-order valence-electron chi connectivity index (χ0n) is 63.5. The number of esters is 4. The van der Waals surface area contributed by atoms with Gasteiger partial charge in [0.15, 0.2) is 12.2 Å². The molecule has 0 aliphatic carbocycles. The van der Waals surface area contributed by atoms with E-state index in [-0.39, 0.29) is 25.7 Å². The highest BCUT2D eigenvalue weighted by molar-refractivity contribution is 7.47. The molecule has 97 heavy (non-hydrogen) atoms. The van der Waals surface area contributed by atoms with Crippen LogP contribution in [0.1, 0.15) is 402 Å². The lowest BCUT2D eigenvalue weighted by Gasteiger charge is -2.21. The summed E-state index contributed by atoms with van der Waals surface area (Å²) in [5.74, 6) is 0.238. The Morgan fingerprint density at radius 3 is 0.784 bits per heavy atom. The fourth-order valence-electron chi connectivity index (χ4n) is 11.9. The van der Waals surface area contributed by atoms with Crippen LogP contribution in [0.25, 0.3) is 0 Å². The molecule has 17 nitrogen and oxygen atoms in total. The van der Waals surface area contributed by atoms with E-state index in [0.29, 0.717) is 25.7 Å². The number of ether oxygens (including phenoxy) is 4. The van der Waals surface area contributed by atoms with Crippen molar-refractivity contribution in [3.63, 3.8) is 0 Å². The molecule has 0 saturated heterocycles. The Morgan fingerprint density at radius 1 is 0.299 bits per heavy atom. The Balaban J connectivity index is 5.26. The van der Waals surface area contributed by atoms with Crippen molar-refractivity contribution in [3.8, 4) is 0 Å². The van der Waals surface area contributed by atoms with Crippen LogP contribution in [0.4, 0.5) is 0 Å². The van der Waals surface area contributed by atoms with Crippen molar-refractivity contribution in [2.24, 2.45) is 17.8 Å². The van der Waals surface area contributed by atoms with Crippen LogP contribution in [-0.4, -0.2) is 96.7 Å². The van der Waals surface area contributed by atoms with Gasteiger partial charge in [-0.3, -0.25) is 37.3 Å². The van der Waals surface area contributed by atoms with E-state index in [2.05, 4.69) is 48.5 Å². The summed E-state index contributed by atoms with van der Waals surface area (Å²) in [6.45, 7) is 12.0. The third-order valence-electron chi connectivity index (χ3n) is 18.5. The number of phosphoric acid groups is 2. The van der Waals surface area contributed by atoms with Gasteiger partial charge in [-0.15, -0.1) is 0 Å². The summed E-state index contributed by atoms with van der Waals surface area (Å²) in [5, 5.41) is 10.6. The maximum Gasteiger partial charge on any atom is 0.472 e. The molecule has 0 radical (unpaired) electrons. The maximum absolute atomic E-state index is 13.1. The van der Waals surface area contributed by atoms with Gasteiger partial charge in [-0.25, -0.2) is 9.13 Å². The first-order chi connectivity index (χ1) is 46.8. The van der Waals surface area contributed by atoms with E-state index in [1.165, 1.54) is 212 Å². The lowest BCUT2D eigenvalue weighted by atomic mass is 9.99. The topological polar surface area (TPSA) is 237 Å². The number of rotatable bonds is 76. The number of phosphoric ester groups is 2. The molecule has 6 atom stereocenters. The van der Waals surface area contributed by atoms with Crippen LogP contribution in [0.3, 0.4) is 0 Å². The van der Waals surface area contributed by atoms with Crippen molar-refractivity contribution in [2.75, 3.05) is 39.6 Å². The predicted molar refractivity (Wildman–Crippen MR) is 395 cm³/mol. The molecule has 0 bridgehead atoms. The van der Waals surface area contributed by atoms with Crippen LogP contribution >= 0.6 is 15.6 Å².